The average molecular weight is 363 g/mol. The highest BCUT2D eigenvalue weighted by Gasteiger charge is 2.37. The lowest BCUT2D eigenvalue weighted by atomic mass is 9.97. The van der Waals surface area contributed by atoms with Gasteiger partial charge in [0.25, 0.3) is 5.56 Å². The molecule has 25 heavy (non-hydrogen) atoms. The summed E-state index contributed by atoms with van der Waals surface area (Å²) in [5.74, 6) is 0.110. The fourth-order valence-electron chi connectivity index (χ4n) is 3.49. The Morgan fingerprint density at radius 3 is 2.72 bits per heavy atom. The zero-order valence-corrected chi connectivity index (χ0v) is 14.9. The predicted octanol–water partition coefficient (Wildman–Crippen LogP) is 0.176. The van der Waals surface area contributed by atoms with Crippen molar-refractivity contribution < 1.29 is 8.42 Å². The Hall–Kier alpha value is -2.00. The van der Waals surface area contributed by atoms with E-state index in [9.17, 15) is 13.2 Å². The van der Waals surface area contributed by atoms with Gasteiger partial charge in [-0.1, -0.05) is 0 Å². The molecule has 2 aromatic heterocycles. The molecule has 0 aromatic carbocycles. The van der Waals surface area contributed by atoms with E-state index < -0.39 is 10.0 Å². The fraction of sp³-hybridized carbons (Fsp3) is 0.562. The second-order valence-corrected chi connectivity index (χ2v) is 8.82. The van der Waals surface area contributed by atoms with E-state index in [1.54, 1.807) is 13.1 Å². The zero-order chi connectivity index (χ0) is 17.6. The molecule has 0 spiro atoms. The molecule has 2 aliphatic rings. The molecule has 1 saturated heterocycles. The number of nitrogens with zero attached hydrogens (tertiary/aromatic N) is 5. The van der Waals surface area contributed by atoms with Crippen LogP contribution in [0.25, 0.3) is 0 Å². The number of aromatic nitrogens is 4. The Labute approximate surface area is 146 Å². The van der Waals surface area contributed by atoms with Crippen LogP contribution in [0.4, 0.5) is 0 Å². The molecule has 0 bridgehead atoms. The van der Waals surface area contributed by atoms with E-state index in [2.05, 4.69) is 10.2 Å². The van der Waals surface area contributed by atoms with E-state index in [1.165, 1.54) is 26.1 Å². The van der Waals surface area contributed by atoms with Gasteiger partial charge >= 0.3 is 0 Å². The molecule has 0 amide bonds. The smallest absolute Gasteiger partial charge is 0.267 e. The van der Waals surface area contributed by atoms with E-state index >= 15 is 0 Å². The van der Waals surface area contributed by atoms with Crippen molar-refractivity contribution in [2.45, 2.75) is 37.1 Å². The van der Waals surface area contributed by atoms with E-state index in [0.29, 0.717) is 19.6 Å². The zero-order valence-electron chi connectivity index (χ0n) is 14.1. The largest absolute Gasteiger partial charge is 0.274 e. The van der Waals surface area contributed by atoms with E-state index in [1.807, 2.05) is 0 Å². The average Bonchev–Trinajstić information content (AvgIpc) is 2.98. The molecule has 3 heterocycles. The summed E-state index contributed by atoms with van der Waals surface area (Å²) in [6.45, 7) is 1.27. The monoisotopic (exact) mass is 363 g/mol. The van der Waals surface area contributed by atoms with Crippen LogP contribution in [0, 0.1) is 5.92 Å². The molecule has 2 aromatic rings. The molecular formula is C16H21N5O3S. The van der Waals surface area contributed by atoms with Crippen molar-refractivity contribution in [1.29, 1.82) is 0 Å². The molecule has 0 unspecified atom stereocenters. The van der Waals surface area contributed by atoms with E-state index in [-0.39, 0.29) is 16.4 Å². The Morgan fingerprint density at radius 2 is 2.00 bits per heavy atom. The number of fused-ring (bicyclic) bond motifs is 1. The first kappa shape index (κ1) is 16.5. The summed E-state index contributed by atoms with van der Waals surface area (Å²) in [6.07, 6.45) is 6.93. The van der Waals surface area contributed by atoms with Crippen molar-refractivity contribution in [3.05, 3.63) is 40.1 Å². The number of aryl methyl sites for hydroxylation is 3. The van der Waals surface area contributed by atoms with Gasteiger partial charge in [0, 0.05) is 38.3 Å². The van der Waals surface area contributed by atoms with Gasteiger partial charge in [-0.15, -0.1) is 0 Å². The molecule has 1 aliphatic heterocycles. The minimum atomic E-state index is -3.49. The van der Waals surface area contributed by atoms with Gasteiger partial charge in [0.15, 0.2) is 0 Å². The van der Waals surface area contributed by atoms with E-state index in [0.717, 1.165) is 36.9 Å². The summed E-state index contributed by atoms with van der Waals surface area (Å²) in [5, 5.41) is 8.42. The fourth-order valence-corrected chi connectivity index (χ4v) is 5.07. The third-order valence-electron chi connectivity index (χ3n) is 4.95. The molecule has 9 heteroatoms. The first-order valence-corrected chi connectivity index (χ1v) is 9.96. The summed E-state index contributed by atoms with van der Waals surface area (Å²) < 4.78 is 29.3. The van der Waals surface area contributed by atoms with Gasteiger partial charge in [-0.05, 0) is 31.2 Å². The van der Waals surface area contributed by atoms with Crippen molar-refractivity contribution in [1.82, 2.24) is 23.9 Å². The standard InChI is InChI=1S/C16H21N5O3S/c1-19-11-14(7-17-19)25(23,24)20-8-12(9-20)10-21-16(22)6-13-4-2-3-5-15(13)18-21/h6-7,11-12H,2-5,8-10H2,1H3. The Kier molecular flexibility index (Phi) is 3.99. The Bertz CT molecular complexity index is 956. The van der Waals surface area contributed by atoms with Gasteiger partial charge in [0.2, 0.25) is 10.0 Å². The minimum Gasteiger partial charge on any atom is -0.274 e. The third kappa shape index (κ3) is 3.02. The van der Waals surface area contributed by atoms with Crippen LogP contribution in [0.2, 0.25) is 0 Å². The molecule has 8 nitrogen and oxygen atoms in total. The van der Waals surface area contributed by atoms with Gasteiger partial charge in [0.05, 0.1) is 18.4 Å². The molecule has 1 aliphatic carbocycles. The highest BCUT2D eigenvalue weighted by atomic mass is 32.2. The second-order valence-electron chi connectivity index (χ2n) is 6.88. The first-order chi connectivity index (χ1) is 11.9. The van der Waals surface area contributed by atoms with Crippen molar-refractivity contribution >= 4 is 10.0 Å². The summed E-state index contributed by atoms with van der Waals surface area (Å²) in [4.78, 5) is 12.4. The van der Waals surface area contributed by atoms with Crippen molar-refractivity contribution in [3.8, 4) is 0 Å². The predicted molar refractivity (Wildman–Crippen MR) is 90.6 cm³/mol. The maximum atomic E-state index is 12.5. The Balaban J connectivity index is 1.44. The van der Waals surface area contributed by atoms with Gasteiger partial charge in [-0.3, -0.25) is 9.48 Å². The van der Waals surface area contributed by atoms with Crippen LogP contribution in [0.15, 0.2) is 28.2 Å². The summed E-state index contributed by atoms with van der Waals surface area (Å²) >= 11 is 0. The number of rotatable bonds is 4. The van der Waals surface area contributed by atoms with Gasteiger partial charge in [-0.2, -0.15) is 14.5 Å². The summed E-state index contributed by atoms with van der Waals surface area (Å²) in [7, 11) is -1.80. The topological polar surface area (TPSA) is 90.1 Å². The SMILES string of the molecule is Cn1cc(S(=O)(=O)N2CC(Cn3nc4c(cc3=O)CCCC4)C2)cn1. The van der Waals surface area contributed by atoms with Crippen LogP contribution in [0.3, 0.4) is 0 Å². The number of hydrogen-bond acceptors (Lipinski definition) is 5. The van der Waals surface area contributed by atoms with Crippen molar-refractivity contribution in [2.24, 2.45) is 13.0 Å². The maximum absolute atomic E-state index is 12.5. The lowest BCUT2D eigenvalue weighted by Crippen LogP contribution is -2.52. The van der Waals surface area contributed by atoms with Crippen LogP contribution in [0.1, 0.15) is 24.1 Å². The van der Waals surface area contributed by atoms with Crippen LogP contribution < -0.4 is 5.56 Å². The lowest BCUT2D eigenvalue weighted by molar-refractivity contribution is 0.172. The molecular weight excluding hydrogens is 342 g/mol. The van der Waals surface area contributed by atoms with E-state index in [4.69, 9.17) is 0 Å². The van der Waals surface area contributed by atoms with Crippen LogP contribution >= 0.6 is 0 Å². The molecule has 4 rings (SSSR count). The minimum absolute atomic E-state index is 0.0887. The third-order valence-corrected chi connectivity index (χ3v) is 6.73. The second kappa shape index (κ2) is 6.06. The van der Waals surface area contributed by atoms with Gasteiger partial charge in [0.1, 0.15) is 4.90 Å². The Morgan fingerprint density at radius 1 is 1.24 bits per heavy atom. The number of sulfonamides is 1. The lowest BCUT2D eigenvalue weighted by Gasteiger charge is -2.37. The van der Waals surface area contributed by atoms with Gasteiger partial charge in [-0.25, -0.2) is 13.1 Å². The maximum Gasteiger partial charge on any atom is 0.267 e. The molecule has 0 saturated carbocycles. The van der Waals surface area contributed by atoms with Crippen molar-refractivity contribution in [3.63, 3.8) is 0 Å². The summed E-state index contributed by atoms with van der Waals surface area (Å²) in [6, 6.07) is 1.70. The van der Waals surface area contributed by atoms with Crippen LogP contribution in [0.5, 0.6) is 0 Å². The molecule has 0 radical (unpaired) electrons. The molecule has 1 fully saturated rings. The number of hydrogen-bond donors (Lipinski definition) is 0. The first-order valence-electron chi connectivity index (χ1n) is 8.52. The highest BCUT2D eigenvalue weighted by Crippen LogP contribution is 2.25. The van der Waals surface area contributed by atoms with Gasteiger partial charge < -0.3 is 0 Å². The van der Waals surface area contributed by atoms with Crippen molar-refractivity contribution in [2.75, 3.05) is 13.1 Å². The molecule has 134 valence electrons. The molecule has 0 atom stereocenters. The van der Waals surface area contributed by atoms with Crippen LogP contribution in [-0.4, -0.2) is 45.4 Å². The van der Waals surface area contributed by atoms with Crippen LogP contribution in [-0.2, 0) is 36.5 Å². The normalized spacial score (nSPS) is 18.8. The highest BCUT2D eigenvalue weighted by molar-refractivity contribution is 7.89. The summed E-state index contributed by atoms with van der Waals surface area (Å²) in [5.41, 5.74) is 2.00. The molecule has 0 N–H and O–H groups in total. The quantitative estimate of drug-likeness (QED) is 0.773.